The van der Waals surface area contributed by atoms with Gasteiger partial charge in [0, 0.05) is 12.1 Å². The van der Waals surface area contributed by atoms with Gasteiger partial charge in [-0.25, -0.2) is 4.39 Å². The average Bonchev–Trinajstić information content (AvgIpc) is 3.18. The summed E-state index contributed by atoms with van der Waals surface area (Å²) >= 11 is 0. The molecule has 1 heterocycles. The molecule has 1 fully saturated rings. The molecule has 1 N–H and O–H groups in total. The van der Waals surface area contributed by atoms with E-state index in [2.05, 4.69) is 0 Å². The number of ether oxygens (including phenoxy) is 1. The normalized spacial score (nSPS) is 16.7. The van der Waals surface area contributed by atoms with Crippen LogP contribution in [0, 0.1) is 5.82 Å². The van der Waals surface area contributed by atoms with E-state index < -0.39 is 23.5 Å². The molecule has 1 aliphatic heterocycles. The number of benzene rings is 4. The Kier molecular flexibility index (Phi) is 6.81. The first-order valence-electron chi connectivity index (χ1n) is 11.9. The number of ketones is 1. The Balaban J connectivity index is 1.56. The van der Waals surface area contributed by atoms with Crippen molar-refractivity contribution in [3.8, 4) is 11.5 Å². The van der Waals surface area contributed by atoms with Crippen molar-refractivity contribution in [2.45, 2.75) is 12.5 Å². The minimum absolute atomic E-state index is 0.0402. The maximum Gasteiger partial charge on any atom is 0.295 e. The minimum Gasteiger partial charge on any atom is -0.507 e. The van der Waals surface area contributed by atoms with Crippen LogP contribution in [0.3, 0.4) is 0 Å². The topological polar surface area (TPSA) is 66.8 Å². The van der Waals surface area contributed by atoms with Gasteiger partial charge in [0.2, 0.25) is 0 Å². The zero-order valence-electron chi connectivity index (χ0n) is 19.9. The highest BCUT2D eigenvalue weighted by Gasteiger charge is 2.46. The van der Waals surface area contributed by atoms with Gasteiger partial charge in [0.05, 0.1) is 11.6 Å². The summed E-state index contributed by atoms with van der Waals surface area (Å²) in [5.41, 5.74) is 1.85. The Morgan fingerprint density at radius 3 is 2.16 bits per heavy atom. The molecule has 0 radical (unpaired) electrons. The number of carbonyl (C=O) groups excluding carboxylic acids is 2. The number of aliphatic hydroxyl groups is 1. The summed E-state index contributed by atoms with van der Waals surface area (Å²) in [6.07, 6.45) is 0.529. The first-order valence-corrected chi connectivity index (χ1v) is 11.9. The first kappa shape index (κ1) is 24.0. The maximum atomic E-state index is 13.5. The molecule has 37 heavy (non-hydrogen) atoms. The van der Waals surface area contributed by atoms with Crippen molar-refractivity contribution in [1.82, 2.24) is 4.90 Å². The fourth-order valence-electron chi connectivity index (χ4n) is 4.49. The zero-order valence-corrected chi connectivity index (χ0v) is 19.9. The second kappa shape index (κ2) is 10.5. The second-order valence-electron chi connectivity index (χ2n) is 8.72. The van der Waals surface area contributed by atoms with E-state index in [4.69, 9.17) is 4.74 Å². The van der Waals surface area contributed by atoms with Gasteiger partial charge in [0.15, 0.2) is 0 Å². The number of hydrogen-bond donors (Lipinski definition) is 1. The highest BCUT2D eigenvalue weighted by molar-refractivity contribution is 6.46. The van der Waals surface area contributed by atoms with E-state index >= 15 is 0 Å². The van der Waals surface area contributed by atoms with Gasteiger partial charge in [-0.1, -0.05) is 60.7 Å². The number of aliphatic hydroxyl groups excluding tert-OH is 1. The smallest absolute Gasteiger partial charge is 0.295 e. The van der Waals surface area contributed by atoms with Crippen LogP contribution in [0.5, 0.6) is 11.5 Å². The fraction of sp³-hybridized carbons (Fsp3) is 0.0968. The Morgan fingerprint density at radius 1 is 0.811 bits per heavy atom. The number of para-hydroxylation sites is 1. The number of halogens is 1. The molecule has 1 saturated heterocycles. The lowest BCUT2D eigenvalue weighted by molar-refractivity contribution is -0.139. The van der Waals surface area contributed by atoms with Crippen LogP contribution < -0.4 is 4.74 Å². The van der Waals surface area contributed by atoms with Crippen LogP contribution in [0.1, 0.15) is 22.7 Å². The molecule has 0 saturated carbocycles. The van der Waals surface area contributed by atoms with Gasteiger partial charge in [-0.05, 0) is 66.1 Å². The lowest BCUT2D eigenvalue weighted by atomic mass is 9.95. The predicted octanol–water partition coefficient (Wildman–Crippen LogP) is 6.28. The fourth-order valence-corrected chi connectivity index (χ4v) is 4.49. The molecule has 1 unspecified atom stereocenters. The summed E-state index contributed by atoms with van der Waals surface area (Å²) in [5, 5.41) is 11.2. The molecule has 184 valence electrons. The zero-order chi connectivity index (χ0) is 25.8. The summed E-state index contributed by atoms with van der Waals surface area (Å²) < 4.78 is 19.5. The largest absolute Gasteiger partial charge is 0.507 e. The molecule has 0 aliphatic carbocycles. The average molecular weight is 494 g/mol. The van der Waals surface area contributed by atoms with E-state index in [-0.39, 0.29) is 23.4 Å². The van der Waals surface area contributed by atoms with E-state index in [1.165, 1.54) is 29.2 Å². The van der Waals surface area contributed by atoms with Crippen LogP contribution in [0.25, 0.3) is 5.76 Å². The molecule has 4 aromatic carbocycles. The molecular formula is C31H24FNO4. The number of hydrogen-bond acceptors (Lipinski definition) is 4. The highest BCUT2D eigenvalue weighted by Crippen LogP contribution is 2.40. The summed E-state index contributed by atoms with van der Waals surface area (Å²) in [6.45, 7) is 0.267. The Morgan fingerprint density at radius 2 is 1.46 bits per heavy atom. The van der Waals surface area contributed by atoms with Crippen molar-refractivity contribution in [2.75, 3.05) is 6.54 Å². The van der Waals surface area contributed by atoms with Crippen molar-refractivity contribution in [1.29, 1.82) is 0 Å². The second-order valence-corrected chi connectivity index (χ2v) is 8.72. The molecule has 1 amide bonds. The van der Waals surface area contributed by atoms with E-state index in [1.54, 1.807) is 24.3 Å². The van der Waals surface area contributed by atoms with Crippen LogP contribution in [-0.2, 0) is 16.0 Å². The van der Waals surface area contributed by atoms with Gasteiger partial charge >= 0.3 is 0 Å². The predicted molar refractivity (Wildman–Crippen MR) is 139 cm³/mol. The SMILES string of the molecule is O=C1C(=O)N(CCc2ccccc2)C(c2cccc(Oc3ccccc3)c2)C1=C(O)c1ccc(F)cc1. The summed E-state index contributed by atoms with van der Waals surface area (Å²) in [5.74, 6) is -1.13. The third kappa shape index (κ3) is 5.14. The summed E-state index contributed by atoms with van der Waals surface area (Å²) in [7, 11) is 0. The number of rotatable bonds is 7. The van der Waals surface area contributed by atoms with Crippen LogP contribution >= 0.6 is 0 Å². The van der Waals surface area contributed by atoms with Crippen molar-refractivity contribution in [2.24, 2.45) is 0 Å². The lowest BCUT2D eigenvalue weighted by Gasteiger charge is -2.26. The highest BCUT2D eigenvalue weighted by atomic mass is 19.1. The van der Waals surface area contributed by atoms with Crippen LogP contribution in [0.2, 0.25) is 0 Å². The van der Waals surface area contributed by atoms with Crippen molar-refractivity contribution >= 4 is 17.4 Å². The Labute approximate surface area is 214 Å². The number of carbonyl (C=O) groups is 2. The molecule has 1 aliphatic rings. The van der Waals surface area contributed by atoms with Crippen LogP contribution in [-0.4, -0.2) is 28.2 Å². The van der Waals surface area contributed by atoms with Crippen LogP contribution in [0.15, 0.2) is 115 Å². The van der Waals surface area contributed by atoms with E-state index in [1.807, 2.05) is 60.7 Å². The monoisotopic (exact) mass is 493 g/mol. The number of Topliss-reactive ketones (excluding diaryl/α,β-unsaturated/α-hetero) is 1. The molecule has 6 heteroatoms. The first-order chi connectivity index (χ1) is 18.0. The lowest BCUT2D eigenvalue weighted by Crippen LogP contribution is -2.31. The molecule has 5 nitrogen and oxygen atoms in total. The van der Waals surface area contributed by atoms with Gasteiger partial charge in [-0.15, -0.1) is 0 Å². The molecule has 0 bridgehead atoms. The standard InChI is InChI=1S/C31H24FNO4/c32-24-16-14-22(15-17-24)29(34)27-28(23-10-7-13-26(20-23)37-25-11-5-2-6-12-25)33(31(36)30(27)35)19-18-21-8-3-1-4-9-21/h1-17,20,28,34H,18-19H2. The third-order valence-corrected chi connectivity index (χ3v) is 6.29. The van der Waals surface area contributed by atoms with E-state index in [0.29, 0.717) is 23.5 Å². The molecule has 1 atom stereocenters. The van der Waals surface area contributed by atoms with Gasteiger partial charge < -0.3 is 14.7 Å². The summed E-state index contributed by atoms with van der Waals surface area (Å²) in [6, 6.07) is 30.4. The van der Waals surface area contributed by atoms with Gasteiger partial charge in [-0.2, -0.15) is 0 Å². The number of nitrogens with zero attached hydrogens (tertiary/aromatic N) is 1. The maximum absolute atomic E-state index is 13.5. The van der Waals surface area contributed by atoms with E-state index in [9.17, 15) is 19.1 Å². The molecule has 4 aromatic rings. The Hall–Kier alpha value is -4.71. The molecule has 0 aromatic heterocycles. The van der Waals surface area contributed by atoms with Crippen molar-refractivity contribution < 1.29 is 23.8 Å². The van der Waals surface area contributed by atoms with Gasteiger partial charge in [0.1, 0.15) is 23.1 Å². The molecule has 5 rings (SSSR count). The van der Waals surface area contributed by atoms with E-state index in [0.717, 1.165) is 5.56 Å². The Bertz CT molecular complexity index is 1450. The van der Waals surface area contributed by atoms with Gasteiger partial charge in [-0.3, -0.25) is 9.59 Å². The molecule has 0 spiro atoms. The number of likely N-dealkylation sites (tertiary alicyclic amines) is 1. The number of amides is 1. The van der Waals surface area contributed by atoms with Crippen LogP contribution in [0.4, 0.5) is 4.39 Å². The molecular weight excluding hydrogens is 469 g/mol. The third-order valence-electron chi connectivity index (χ3n) is 6.29. The van der Waals surface area contributed by atoms with Crippen molar-refractivity contribution in [3.05, 3.63) is 137 Å². The van der Waals surface area contributed by atoms with Crippen molar-refractivity contribution in [3.63, 3.8) is 0 Å². The summed E-state index contributed by atoms with van der Waals surface area (Å²) in [4.78, 5) is 28.0. The minimum atomic E-state index is -0.840. The van der Waals surface area contributed by atoms with Gasteiger partial charge in [0.25, 0.3) is 11.7 Å². The quantitative estimate of drug-likeness (QED) is 0.187.